The number of hydrogen-bond acceptors (Lipinski definition) is 5. The van der Waals surface area contributed by atoms with Gasteiger partial charge in [0.25, 0.3) is 0 Å². The molecule has 0 aliphatic heterocycles. The van der Waals surface area contributed by atoms with E-state index in [2.05, 4.69) is 10.3 Å². The monoisotopic (exact) mass is 432 g/mol. The number of fused-ring (bicyclic) bond motifs is 1. The molecule has 3 aromatic carbocycles. The fourth-order valence-corrected chi connectivity index (χ4v) is 3.46. The summed E-state index contributed by atoms with van der Waals surface area (Å²) in [6.07, 6.45) is 1.77. The van der Waals surface area contributed by atoms with Crippen molar-refractivity contribution in [2.75, 3.05) is 12.4 Å². The number of esters is 1. The molecule has 4 rings (SSSR count). The first-order valence-electron chi connectivity index (χ1n) is 9.81. The predicted molar refractivity (Wildman–Crippen MR) is 123 cm³/mol. The van der Waals surface area contributed by atoms with E-state index in [4.69, 9.17) is 21.1 Å². The molecule has 0 aliphatic carbocycles. The highest BCUT2D eigenvalue weighted by atomic mass is 35.5. The van der Waals surface area contributed by atoms with E-state index in [1.807, 2.05) is 55.5 Å². The molecule has 0 fully saturated rings. The van der Waals surface area contributed by atoms with Crippen molar-refractivity contribution in [2.24, 2.45) is 0 Å². The molecule has 4 aromatic rings. The van der Waals surface area contributed by atoms with E-state index < -0.39 is 0 Å². The lowest BCUT2D eigenvalue weighted by molar-refractivity contribution is 0.0600. The largest absolute Gasteiger partial charge is 0.465 e. The topological polar surface area (TPSA) is 60.5 Å². The number of ether oxygens (including phenoxy) is 2. The first kappa shape index (κ1) is 20.7. The molecule has 156 valence electrons. The van der Waals surface area contributed by atoms with Crippen molar-refractivity contribution in [3.8, 4) is 11.5 Å². The minimum absolute atomic E-state index is 0.0478. The summed E-state index contributed by atoms with van der Waals surface area (Å²) in [4.78, 5) is 16.2. The maximum atomic E-state index is 11.7. The fourth-order valence-electron chi connectivity index (χ4n) is 3.34. The lowest BCUT2D eigenvalue weighted by Gasteiger charge is -2.18. The second-order valence-corrected chi connectivity index (χ2v) is 7.49. The number of methoxy groups -OCH3 is 1. The van der Waals surface area contributed by atoms with Gasteiger partial charge in [-0.25, -0.2) is 9.78 Å². The smallest absolute Gasteiger partial charge is 0.337 e. The quantitative estimate of drug-likeness (QED) is 0.346. The molecule has 1 heterocycles. The summed E-state index contributed by atoms with van der Waals surface area (Å²) < 4.78 is 10.9. The van der Waals surface area contributed by atoms with Gasteiger partial charge in [0.2, 0.25) is 0 Å². The molecule has 6 heteroatoms. The molecule has 0 radical (unpaired) electrons. The number of nitrogens with zero attached hydrogens (tertiary/aromatic N) is 1. The van der Waals surface area contributed by atoms with Gasteiger partial charge in [-0.05, 0) is 66.4 Å². The summed E-state index contributed by atoms with van der Waals surface area (Å²) >= 11 is 5.98. The Kier molecular flexibility index (Phi) is 6.05. The Bertz CT molecular complexity index is 1200. The van der Waals surface area contributed by atoms with Crippen molar-refractivity contribution in [1.29, 1.82) is 0 Å². The van der Waals surface area contributed by atoms with Crippen LogP contribution in [0.2, 0.25) is 5.02 Å². The molecule has 1 atom stereocenters. The van der Waals surface area contributed by atoms with Crippen molar-refractivity contribution >= 4 is 34.2 Å². The molecule has 0 aliphatic rings. The van der Waals surface area contributed by atoms with Gasteiger partial charge >= 0.3 is 5.97 Å². The van der Waals surface area contributed by atoms with Gasteiger partial charge in [0.1, 0.15) is 17.3 Å². The Morgan fingerprint density at radius 2 is 1.74 bits per heavy atom. The summed E-state index contributed by atoms with van der Waals surface area (Å²) in [6.45, 7) is 2.04. The van der Waals surface area contributed by atoms with E-state index in [1.165, 1.54) is 7.11 Å². The van der Waals surface area contributed by atoms with E-state index in [0.717, 1.165) is 16.3 Å². The maximum Gasteiger partial charge on any atom is 0.337 e. The average Bonchev–Trinajstić information content (AvgIpc) is 2.80. The molecule has 31 heavy (non-hydrogen) atoms. The fraction of sp³-hybridized carbons (Fsp3) is 0.120. The summed E-state index contributed by atoms with van der Waals surface area (Å²) in [5.41, 5.74) is 1.53. The zero-order chi connectivity index (χ0) is 21.8. The standard InChI is InChI=1S/C25H21ClN2O3/c1-16(17-6-8-19(9-7-17)25(29)30-2)28-24-23-18(14-15-27-24)4-3-5-22(23)31-21-12-10-20(26)11-13-21/h3-16H,1-2H3,(H,27,28)/t16-/m0/s1. The summed E-state index contributed by atoms with van der Waals surface area (Å²) in [7, 11) is 1.37. The highest BCUT2D eigenvalue weighted by Crippen LogP contribution is 2.35. The van der Waals surface area contributed by atoms with E-state index in [9.17, 15) is 4.79 Å². The number of anilines is 1. The zero-order valence-corrected chi connectivity index (χ0v) is 17.9. The Hall–Kier alpha value is -3.57. The third kappa shape index (κ3) is 4.62. The van der Waals surface area contributed by atoms with Gasteiger partial charge in [0.05, 0.1) is 18.1 Å². The second kappa shape index (κ2) is 9.06. The minimum Gasteiger partial charge on any atom is -0.465 e. The van der Waals surface area contributed by atoms with Gasteiger partial charge in [-0.2, -0.15) is 0 Å². The van der Waals surface area contributed by atoms with Gasteiger partial charge < -0.3 is 14.8 Å². The first-order valence-corrected chi connectivity index (χ1v) is 10.2. The van der Waals surface area contributed by atoms with Crippen LogP contribution in [0.5, 0.6) is 11.5 Å². The third-order valence-corrected chi connectivity index (χ3v) is 5.23. The molecule has 0 spiro atoms. The van der Waals surface area contributed by atoms with E-state index in [1.54, 1.807) is 30.5 Å². The lowest BCUT2D eigenvalue weighted by Crippen LogP contribution is -2.09. The normalized spacial score (nSPS) is 11.7. The second-order valence-electron chi connectivity index (χ2n) is 7.05. The van der Waals surface area contributed by atoms with Crippen LogP contribution in [0.25, 0.3) is 10.8 Å². The van der Waals surface area contributed by atoms with Crippen LogP contribution in [0.3, 0.4) is 0 Å². The molecular formula is C25H21ClN2O3. The van der Waals surface area contributed by atoms with Crippen LogP contribution in [0.15, 0.2) is 79.0 Å². The maximum absolute atomic E-state index is 11.7. The minimum atomic E-state index is -0.355. The Morgan fingerprint density at radius 3 is 2.45 bits per heavy atom. The van der Waals surface area contributed by atoms with Crippen LogP contribution in [0.4, 0.5) is 5.82 Å². The van der Waals surface area contributed by atoms with Crippen LogP contribution in [-0.2, 0) is 4.74 Å². The van der Waals surface area contributed by atoms with Crippen molar-refractivity contribution in [3.63, 3.8) is 0 Å². The van der Waals surface area contributed by atoms with Crippen LogP contribution in [0, 0.1) is 0 Å². The molecule has 0 saturated carbocycles. The van der Waals surface area contributed by atoms with Crippen LogP contribution in [-0.4, -0.2) is 18.1 Å². The summed E-state index contributed by atoms with van der Waals surface area (Å²) in [6, 6.07) is 22.3. The number of carbonyl (C=O) groups excluding carboxylic acids is 1. The average molecular weight is 433 g/mol. The Morgan fingerprint density at radius 1 is 1.00 bits per heavy atom. The zero-order valence-electron chi connectivity index (χ0n) is 17.1. The van der Waals surface area contributed by atoms with Crippen molar-refractivity contribution < 1.29 is 14.3 Å². The summed E-state index contributed by atoms with van der Waals surface area (Å²) in [5, 5.41) is 6.02. The van der Waals surface area contributed by atoms with Crippen LogP contribution >= 0.6 is 11.6 Å². The first-order chi connectivity index (χ1) is 15.0. The van der Waals surface area contributed by atoms with Crippen molar-refractivity contribution in [1.82, 2.24) is 4.98 Å². The number of carbonyl (C=O) groups is 1. The molecule has 0 unspecified atom stereocenters. The SMILES string of the molecule is COC(=O)c1ccc([C@H](C)Nc2nccc3cccc(Oc4ccc(Cl)cc4)c23)cc1. The molecular weight excluding hydrogens is 412 g/mol. The predicted octanol–water partition coefficient (Wildman–Crippen LogP) is 6.64. The van der Waals surface area contributed by atoms with Gasteiger partial charge in [-0.1, -0.05) is 35.9 Å². The number of pyridine rings is 1. The molecule has 0 saturated heterocycles. The highest BCUT2D eigenvalue weighted by Gasteiger charge is 2.14. The van der Waals surface area contributed by atoms with Gasteiger partial charge in [0, 0.05) is 17.3 Å². The number of aromatic nitrogens is 1. The van der Waals surface area contributed by atoms with Gasteiger partial charge in [0.15, 0.2) is 0 Å². The number of nitrogens with one attached hydrogen (secondary N) is 1. The Balaban J connectivity index is 1.64. The van der Waals surface area contributed by atoms with E-state index >= 15 is 0 Å². The molecule has 0 amide bonds. The number of halogens is 1. The van der Waals surface area contributed by atoms with Crippen molar-refractivity contribution in [3.05, 3.63) is 95.1 Å². The van der Waals surface area contributed by atoms with Crippen LogP contribution in [0.1, 0.15) is 28.9 Å². The number of benzene rings is 3. The summed E-state index contributed by atoms with van der Waals surface area (Å²) in [5.74, 6) is 1.75. The number of rotatable bonds is 6. The third-order valence-electron chi connectivity index (χ3n) is 4.98. The van der Waals surface area contributed by atoms with Crippen LogP contribution < -0.4 is 10.1 Å². The number of hydrogen-bond donors (Lipinski definition) is 1. The van der Waals surface area contributed by atoms with Gasteiger partial charge in [-0.3, -0.25) is 0 Å². The molecule has 0 bridgehead atoms. The Labute approximate surface area is 185 Å². The highest BCUT2D eigenvalue weighted by molar-refractivity contribution is 6.30. The lowest BCUT2D eigenvalue weighted by atomic mass is 10.1. The van der Waals surface area contributed by atoms with E-state index in [-0.39, 0.29) is 12.0 Å². The molecule has 1 aromatic heterocycles. The van der Waals surface area contributed by atoms with Gasteiger partial charge in [-0.15, -0.1) is 0 Å². The molecule has 1 N–H and O–H groups in total. The van der Waals surface area contributed by atoms with Crippen molar-refractivity contribution in [2.45, 2.75) is 13.0 Å². The molecule has 5 nitrogen and oxygen atoms in total. The van der Waals surface area contributed by atoms with E-state index in [0.29, 0.717) is 27.9 Å².